The topological polar surface area (TPSA) is 97.7 Å². The SMILES string of the molecule is COCCC(=O)Nc1ccc2n(c1=O)CC1CC2CN(S(C)(=O)=O)C1. The zero-order chi connectivity index (χ0) is 18.2. The molecule has 2 atom stereocenters. The molecule has 3 heterocycles. The Morgan fingerprint density at radius 1 is 1.32 bits per heavy atom. The first-order valence-corrected chi connectivity index (χ1v) is 10.1. The molecule has 1 N–H and O–H groups in total. The van der Waals surface area contributed by atoms with E-state index >= 15 is 0 Å². The van der Waals surface area contributed by atoms with Crippen LogP contribution in [0.2, 0.25) is 0 Å². The van der Waals surface area contributed by atoms with Crippen molar-refractivity contribution in [3.05, 3.63) is 28.2 Å². The van der Waals surface area contributed by atoms with E-state index in [1.807, 2.05) is 6.07 Å². The summed E-state index contributed by atoms with van der Waals surface area (Å²) in [6.07, 6.45) is 2.29. The number of methoxy groups -OCH3 is 1. The highest BCUT2D eigenvalue weighted by Crippen LogP contribution is 2.36. The Kier molecular flexibility index (Phi) is 4.99. The molecule has 2 aliphatic heterocycles. The predicted molar refractivity (Wildman–Crippen MR) is 93.1 cm³/mol. The van der Waals surface area contributed by atoms with Crippen molar-refractivity contribution in [1.82, 2.24) is 8.87 Å². The van der Waals surface area contributed by atoms with Crippen molar-refractivity contribution in [2.45, 2.75) is 25.3 Å². The van der Waals surface area contributed by atoms with Gasteiger partial charge in [0, 0.05) is 38.4 Å². The van der Waals surface area contributed by atoms with E-state index in [1.54, 1.807) is 10.6 Å². The number of aromatic nitrogens is 1. The lowest BCUT2D eigenvalue weighted by Gasteiger charge is -2.41. The monoisotopic (exact) mass is 369 g/mol. The normalized spacial score (nSPS) is 23.1. The van der Waals surface area contributed by atoms with Crippen LogP contribution in [0.15, 0.2) is 16.9 Å². The fraction of sp³-hybridized carbons (Fsp3) is 0.625. The molecule has 1 amide bonds. The summed E-state index contributed by atoms with van der Waals surface area (Å²) in [5.74, 6) is -0.148. The van der Waals surface area contributed by atoms with Crippen LogP contribution in [0.1, 0.15) is 24.5 Å². The van der Waals surface area contributed by atoms with Crippen LogP contribution in [0.5, 0.6) is 0 Å². The summed E-state index contributed by atoms with van der Waals surface area (Å²) in [5.41, 5.74) is 0.861. The number of piperidine rings is 1. The summed E-state index contributed by atoms with van der Waals surface area (Å²) < 4.78 is 31.8. The molecule has 1 fully saturated rings. The Balaban J connectivity index is 1.85. The van der Waals surface area contributed by atoms with Crippen LogP contribution in [0.3, 0.4) is 0 Å². The summed E-state index contributed by atoms with van der Waals surface area (Å²) in [5, 5.41) is 2.64. The Bertz CT molecular complexity index is 833. The molecule has 0 aliphatic carbocycles. The highest BCUT2D eigenvalue weighted by molar-refractivity contribution is 7.88. The molecule has 0 saturated carbocycles. The van der Waals surface area contributed by atoms with Gasteiger partial charge in [-0.2, -0.15) is 0 Å². The van der Waals surface area contributed by atoms with E-state index in [9.17, 15) is 18.0 Å². The van der Waals surface area contributed by atoms with E-state index in [0.29, 0.717) is 26.2 Å². The first-order valence-electron chi connectivity index (χ1n) is 8.27. The molecule has 0 spiro atoms. The molecule has 138 valence electrons. The van der Waals surface area contributed by atoms with E-state index < -0.39 is 10.0 Å². The standard InChI is InChI=1S/C16H23N3O5S/c1-24-6-5-15(20)17-13-3-4-14-12-7-11(9-19(14)16(13)21)8-18(10-12)25(2,22)23/h3-4,11-12H,5-10H2,1-2H3,(H,17,20). The van der Waals surface area contributed by atoms with Gasteiger partial charge in [-0.25, -0.2) is 12.7 Å². The van der Waals surface area contributed by atoms with E-state index in [2.05, 4.69) is 5.32 Å². The van der Waals surface area contributed by atoms with Crippen molar-refractivity contribution in [2.24, 2.45) is 5.92 Å². The zero-order valence-corrected chi connectivity index (χ0v) is 15.2. The molecule has 0 aromatic carbocycles. The molecule has 2 aliphatic rings. The van der Waals surface area contributed by atoms with Gasteiger partial charge < -0.3 is 14.6 Å². The quantitative estimate of drug-likeness (QED) is 0.800. The number of fused-ring (bicyclic) bond motifs is 4. The number of rotatable bonds is 5. The number of hydrogen-bond donors (Lipinski definition) is 1. The number of sulfonamides is 1. The maximum atomic E-state index is 12.7. The summed E-state index contributed by atoms with van der Waals surface area (Å²) >= 11 is 0. The number of carbonyl (C=O) groups is 1. The van der Waals surface area contributed by atoms with E-state index in [1.165, 1.54) is 17.7 Å². The van der Waals surface area contributed by atoms with Gasteiger partial charge in [0.1, 0.15) is 5.69 Å². The molecule has 8 nitrogen and oxygen atoms in total. The zero-order valence-electron chi connectivity index (χ0n) is 14.4. The highest BCUT2D eigenvalue weighted by Gasteiger charge is 2.37. The Morgan fingerprint density at radius 3 is 2.76 bits per heavy atom. The van der Waals surface area contributed by atoms with Crippen molar-refractivity contribution >= 4 is 21.6 Å². The van der Waals surface area contributed by atoms with E-state index in [-0.39, 0.29) is 35.4 Å². The summed E-state index contributed by atoms with van der Waals surface area (Å²) in [6.45, 7) is 1.60. The molecule has 2 bridgehead atoms. The van der Waals surface area contributed by atoms with Crippen molar-refractivity contribution in [1.29, 1.82) is 0 Å². The molecule has 0 radical (unpaired) electrons. The number of hydrogen-bond acceptors (Lipinski definition) is 5. The van der Waals surface area contributed by atoms with Gasteiger partial charge in [-0.1, -0.05) is 0 Å². The molecular formula is C16H23N3O5S. The molecule has 1 aromatic heterocycles. The minimum Gasteiger partial charge on any atom is -0.384 e. The Morgan fingerprint density at radius 2 is 2.08 bits per heavy atom. The summed E-state index contributed by atoms with van der Waals surface area (Å²) in [6, 6.07) is 3.43. The van der Waals surface area contributed by atoms with Gasteiger partial charge >= 0.3 is 0 Å². The van der Waals surface area contributed by atoms with Gasteiger partial charge in [-0.05, 0) is 24.5 Å². The number of nitrogens with one attached hydrogen (secondary N) is 1. The van der Waals surface area contributed by atoms with E-state index in [0.717, 1.165) is 12.1 Å². The third kappa shape index (κ3) is 3.78. The van der Waals surface area contributed by atoms with Crippen molar-refractivity contribution in [3.63, 3.8) is 0 Å². The fourth-order valence-corrected chi connectivity index (χ4v) is 4.61. The van der Waals surface area contributed by atoms with Gasteiger partial charge in [0.25, 0.3) is 5.56 Å². The lowest BCUT2D eigenvalue weighted by molar-refractivity contribution is -0.117. The molecular weight excluding hydrogens is 346 g/mol. The highest BCUT2D eigenvalue weighted by atomic mass is 32.2. The van der Waals surface area contributed by atoms with Gasteiger partial charge in [0.05, 0.1) is 19.3 Å². The molecule has 3 rings (SSSR count). The number of nitrogens with zero attached hydrogens (tertiary/aromatic N) is 2. The average Bonchev–Trinajstić information content (AvgIpc) is 2.55. The Labute approximate surface area is 146 Å². The van der Waals surface area contributed by atoms with Crippen molar-refractivity contribution in [3.8, 4) is 0 Å². The van der Waals surface area contributed by atoms with Crippen LogP contribution in [0.4, 0.5) is 5.69 Å². The van der Waals surface area contributed by atoms with Crippen LogP contribution < -0.4 is 10.9 Å². The summed E-state index contributed by atoms with van der Waals surface area (Å²) in [4.78, 5) is 24.5. The lowest BCUT2D eigenvalue weighted by atomic mass is 9.84. The molecule has 2 unspecified atom stereocenters. The lowest BCUT2D eigenvalue weighted by Crippen LogP contribution is -2.49. The maximum absolute atomic E-state index is 12.7. The molecule has 1 saturated heterocycles. The summed E-state index contributed by atoms with van der Waals surface area (Å²) in [7, 11) is -1.72. The molecule has 25 heavy (non-hydrogen) atoms. The van der Waals surface area contributed by atoms with Gasteiger partial charge in [-0.3, -0.25) is 9.59 Å². The van der Waals surface area contributed by atoms with Crippen molar-refractivity contribution < 1.29 is 17.9 Å². The fourth-order valence-electron chi connectivity index (χ4n) is 3.68. The second kappa shape index (κ2) is 6.89. The predicted octanol–water partition coefficient (Wildman–Crippen LogP) is 0.202. The first-order chi connectivity index (χ1) is 11.8. The van der Waals surface area contributed by atoms with Crippen LogP contribution in [0, 0.1) is 5.92 Å². The van der Waals surface area contributed by atoms with Crippen LogP contribution in [-0.4, -0.2) is 56.3 Å². The van der Waals surface area contributed by atoms with Gasteiger partial charge in [-0.15, -0.1) is 0 Å². The smallest absolute Gasteiger partial charge is 0.274 e. The second-order valence-corrected chi connectivity index (χ2v) is 8.74. The number of ether oxygens (including phenoxy) is 1. The van der Waals surface area contributed by atoms with Crippen molar-refractivity contribution in [2.75, 3.05) is 38.4 Å². The van der Waals surface area contributed by atoms with Gasteiger partial charge in [0.15, 0.2) is 0 Å². The van der Waals surface area contributed by atoms with E-state index in [4.69, 9.17) is 4.74 Å². The minimum absolute atomic E-state index is 0.00756. The number of pyridine rings is 1. The minimum atomic E-state index is -3.24. The second-order valence-electron chi connectivity index (χ2n) is 6.76. The first kappa shape index (κ1) is 18.1. The van der Waals surface area contributed by atoms with Crippen LogP contribution in [0.25, 0.3) is 0 Å². The molecule has 1 aromatic rings. The third-order valence-corrected chi connectivity index (χ3v) is 6.08. The van der Waals surface area contributed by atoms with Crippen LogP contribution >= 0.6 is 0 Å². The molecule has 9 heteroatoms. The maximum Gasteiger partial charge on any atom is 0.274 e. The average molecular weight is 369 g/mol. The third-order valence-electron chi connectivity index (χ3n) is 4.85. The number of anilines is 1. The number of carbonyl (C=O) groups excluding carboxylic acids is 1. The van der Waals surface area contributed by atoms with Gasteiger partial charge in [0.2, 0.25) is 15.9 Å². The van der Waals surface area contributed by atoms with Crippen LogP contribution in [-0.2, 0) is 26.1 Å². The number of amides is 1. The largest absolute Gasteiger partial charge is 0.384 e. The Hall–Kier alpha value is -1.71.